The maximum absolute atomic E-state index is 5.60. The predicted molar refractivity (Wildman–Crippen MR) is 110 cm³/mol. The lowest BCUT2D eigenvalue weighted by Crippen LogP contribution is -2.38. The molecule has 1 unspecified atom stereocenters. The Hall–Kier alpha value is -0.0800. The molecule has 0 amide bonds. The van der Waals surface area contributed by atoms with Gasteiger partial charge >= 0.3 is 0 Å². The Morgan fingerprint density at radius 1 is 1.30 bits per heavy atom. The van der Waals surface area contributed by atoms with Gasteiger partial charge in [-0.15, -0.1) is 24.0 Å². The molecule has 1 heterocycles. The van der Waals surface area contributed by atoms with Crippen molar-refractivity contribution >= 4 is 29.9 Å². The summed E-state index contributed by atoms with van der Waals surface area (Å²) in [5, 5.41) is 6.73. The van der Waals surface area contributed by atoms with Gasteiger partial charge in [-0.3, -0.25) is 4.99 Å². The molecule has 2 N–H and O–H groups in total. The highest BCUT2D eigenvalue weighted by Crippen LogP contribution is 2.15. The van der Waals surface area contributed by atoms with Crippen molar-refractivity contribution < 1.29 is 4.74 Å². The van der Waals surface area contributed by atoms with E-state index in [9.17, 15) is 0 Å². The molecule has 0 aliphatic carbocycles. The van der Waals surface area contributed by atoms with Crippen LogP contribution in [0.25, 0.3) is 0 Å². The summed E-state index contributed by atoms with van der Waals surface area (Å²) in [5.74, 6) is 2.27. The molecule has 0 saturated carbocycles. The standard InChI is InChI=1S/C17H36N4O.HI/c1-5-18-17(19-9-7-11-22-14-15(3)4)20-12-16-8-10-21(6-2)13-16;/h15-16H,5-14H2,1-4H3,(H2,18,19,20);1H. The van der Waals surface area contributed by atoms with E-state index in [0.29, 0.717) is 11.8 Å². The summed E-state index contributed by atoms with van der Waals surface area (Å²) < 4.78 is 5.60. The second kappa shape index (κ2) is 14.3. The quantitative estimate of drug-likeness (QED) is 0.237. The molecule has 138 valence electrons. The van der Waals surface area contributed by atoms with Crippen LogP contribution in [0, 0.1) is 11.8 Å². The molecule has 1 aliphatic rings. The van der Waals surface area contributed by atoms with Crippen LogP contribution in [0.3, 0.4) is 0 Å². The monoisotopic (exact) mass is 440 g/mol. The third kappa shape index (κ3) is 11.2. The fraction of sp³-hybridized carbons (Fsp3) is 0.941. The van der Waals surface area contributed by atoms with Crippen LogP contribution in [0.2, 0.25) is 0 Å². The Kier molecular flexibility index (Phi) is 14.2. The minimum atomic E-state index is 0. The van der Waals surface area contributed by atoms with Gasteiger partial charge in [-0.05, 0) is 44.7 Å². The number of hydrogen-bond acceptors (Lipinski definition) is 3. The van der Waals surface area contributed by atoms with Gasteiger partial charge in [0.1, 0.15) is 0 Å². The van der Waals surface area contributed by atoms with Crippen LogP contribution in [0.4, 0.5) is 0 Å². The van der Waals surface area contributed by atoms with E-state index in [1.165, 1.54) is 19.5 Å². The predicted octanol–water partition coefficient (Wildman–Crippen LogP) is 2.56. The van der Waals surface area contributed by atoms with E-state index in [0.717, 1.165) is 51.8 Å². The minimum absolute atomic E-state index is 0. The normalized spacial score (nSPS) is 19.0. The van der Waals surface area contributed by atoms with Gasteiger partial charge in [0, 0.05) is 39.4 Å². The fourth-order valence-electron chi connectivity index (χ4n) is 2.61. The Morgan fingerprint density at radius 3 is 2.70 bits per heavy atom. The summed E-state index contributed by atoms with van der Waals surface area (Å²) in [6.07, 6.45) is 2.30. The largest absolute Gasteiger partial charge is 0.381 e. The number of rotatable bonds is 10. The van der Waals surface area contributed by atoms with Crippen molar-refractivity contribution in [2.45, 2.75) is 40.5 Å². The molecular formula is C17H37IN4O. The molecule has 0 aromatic rings. The summed E-state index contributed by atoms with van der Waals surface area (Å²) in [6, 6.07) is 0. The highest BCUT2D eigenvalue weighted by molar-refractivity contribution is 14.0. The number of likely N-dealkylation sites (tertiary alicyclic amines) is 1. The molecule has 1 atom stereocenters. The molecule has 0 bridgehead atoms. The zero-order valence-electron chi connectivity index (χ0n) is 15.4. The summed E-state index contributed by atoms with van der Waals surface area (Å²) >= 11 is 0. The van der Waals surface area contributed by atoms with Crippen molar-refractivity contribution in [3.8, 4) is 0 Å². The van der Waals surface area contributed by atoms with Crippen molar-refractivity contribution in [3.63, 3.8) is 0 Å². The van der Waals surface area contributed by atoms with E-state index in [1.807, 2.05) is 0 Å². The lowest BCUT2D eigenvalue weighted by molar-refractivity contribution is 0.108. The third-order valence-electron chi connectivity index (χ3n) is 3.88. The SMILES string of the molecule is CCNC(=NCC1CCN(CC)C1)NCCCOCC(C)C.I. The van der Waals surface area contributed by atoms with E-state index >= 15 is 0 Å². The maximum Gasteiger partial charge on any atom is 0.191 e. The second-order valence-corrected chi connectivity index (χ2v) is 6.52. The smallest absolute Gasteiger partial charge is 0.191 e. The van der Waals surface area contributed by atoms with Crippen molar-refractivity contribution in [1.29, 1.82) is 0 Å². The number of nitrogens with zero attached hydrogens (tertiary/aromatic N) is 2. The summed E-state index contributed by atoms with van der Waals surface area (Å²) in [7, 11) is 0. The lowest BCUT2D eigenvalue weighted by Gasteiger charge is -2.14. The second-order valence-electron chi connectivity index (χ2n) is 6.52. The first kappa shape index (κ1) is 22.9. The van der Waals surface area contributed by atoms with E-state index in [4.69, 9.17) is 9.73 Å². The first-order valence-corrected chi connectivity index (χ1v) is 8.97. The molecule has 0 spiro atoms. The molecule has 1 rings (SSSR count). The number of guanidine groups is 1. The van der Waals surface area contributed by atoms with E-state index in [1.54, 1.807) is 0 Å². The molecule has 0 aromatic carbocycles. The van der Waals surface area contributed by atoms with Gasteiger partial charge in [0.05, 0.1) is 0 Å². The summed E-state index contributed by atoms with van der Waals surface area (Å²) in [6.45, 7) is 16.7. The third-order valence-corrected chi connectivity index (χ3v) is 3.88. The molecule has 6 heteroatoms. The van der Waals surface area contributed by atoms with Gasteiger partial charge < -0.3 is 20.3 Å². The van der Waals surface area contributed by atoms with Crippen LogP contribution in [0.5, 0.6) is 0 Å². The molecule has 1 aliphatic heterocycles. The van der Waals surface area contributed by atoms with Gasteiger partial charge in [-0.25, -0.2) is 0 Å². The molecule has 0 aromatic heterocycles. The highest BCUT2D eigenvalue weighted by Gasteiger charge is 2.20. The highest BCUT2D eigenvalue weighted by atomic mass is 127. The van der Waals surface area contributed by atoms with Crippen molar-refractivity contribution in [2.24, 2.45) is 16.8 Å². The molecular weight excluding hydrogens is 403 g/mol. The van der Waals surface area contributed by atoms with Gasteiger partial charge in [0.25, 0.3) is 0 Å². The topological polar surface area (TPSA) is 48.9 Å². The van der Waals surface area contributed by atoms with E-state index in [-0.39, 0.29) is 24.0 Å². The van der Waals surface area contributed by atoms with Crippen molar-refractivity contribution in [2.75, 3.05) is 52.5 Å². The van der Waals surface area contributed by atoms with Crippen LogP contribution in [0.1, 0.15) is 40.5 Å². The Labute approximate surface area is 160 Å². The lowest BCUT2D eigenvalue weighted by atomic mass is 10.1. The number of ether oxygens (including phenoxy) is 1. The molecule has 23 heavy (non-hydrogen) atoms. The summed E-state index contributed by atoms with van der Waals surface area (Å²) in [4.78, 5) is 7.24. The van der Waals surface area contributed by atoms with Gasteiger partial charge in [0.2, 0.25) is 0 Å². The zero-order chi connectivity index (χ0) is 16.2. The van der Waals surface area contributed by atoms with Crippen LogP contribution >= 0.6 is 24.0 Å². The van der Waals surface area contributed by atoms with Gasteiger partial charge in [-0.1, -0.05) is 20.8 Å². The van der Waals surface area contributed by atoms with Gasteiger partial charge in [-0.2, -0.15) is 0 Å². The van der Waals surface area contributed by atoms with Gasteiger partial charge in [0.15, 0.2) is 5.96 Å². The zero-order valence-corrected chi connectivity index (χ0v) is 17.8. The van der Waals surface area contributed by atoms with Crippen LogP contribution in [0.15, 0.2) is 4.99 Å². The van der Waals surface area contributed by atoms with Crippen LogP contribution in [-0.2, 0) is 4.74 Å². The Balaban J connectivity index is 0.00000484. The molecule has 5 nitrogen and oxygen atoms in total. The average Bonchev–Trinajstić information content (AvgIpc) is 2.96. The first-order chi connectivity index (χ1) is 10.7. The summed E-state index contributed by atoms with van der Waals surface area (Å²) in [5.41, 5.74) is 0. The van der Waals surface area contributed by atoms with Crippen molar-refractivity contribution in [3.05, 3.63) is 0 Å². The van der Waals surface area contributed by atoms with E-state index in [2.05, 4.69) is 43.2 Å². The molecule has 1 saturated heterocycles. The fourth-order valence-corrected chi connectivity index (χ4v) is 2.61. The molecule has 0 radical (unpaired) electrons. The number of aliphatic imine (C=N–C) groups is 1. The Bertz CT molecular complexity index is 313. The Morgan fingerprint density at radius 2 is 2.09 bits per heavy atom. The minimum Gasteiger partial charge on any atom is -0.381 e. The van der Waals surface area contributed by atoms with Crippen molar-refractivity contribution in [1.82, 2.24) is 15.5 Å². The number of nitrogens with one attached hydrogen (secondary N) is 2. The van der Waals surface area contributed by atoms with Crippen LogP contribution in [-0.4, -0.2) is 63.3 Å². The number of hydrogen-bond donors (Lipinski definition) is 2. The maximum atomic E-state index is 5.60. The molecule has 1 fully saturated rings. The van der Waals surface area contributed by atoms with Crippen LogP contribution < -0.4 is 10.6 Å². The average molecular weight is 440 g/mol. The van der Waals surface area contributed by atoms with E-state index < -0.39 is 0 Å². The first-order valence-electron chi connectivity index (χ1n) is 8.97. The number of halogens is 1.